The number of nitrogens with zero attached hydrogens (tertiary/aromatic N) is 5. The van der Waals surface area contributed by atoms with Crippen molar-refractivity contribution >= 4 is 10.0 Å². The van der Waals surface area contributed by atoms with E-state index in [1.807, 2.05) is 6.07 Å². The average molecular weight is 448 g/mol. The van der Waals surface area contributed by atoms with Crippen molar-refractivity contribution in [1.82, 2.24) is 24.9 Å². The molecule has 0 spiro atoms. The Morgan fingerprint density at radius 3 is 2.31 bits per heavy atom. The van der Waals surface area contributed by atoms with Crippen LogP contribution < -0.4 is 0 Å². The van der Waals surface area contributed by atoms with E-state index in [-0.39, 0.29) is 23.5 Å². The quantitative estimate of drug-likeness (QED) is 0.464. The van der Waals surface area contributed by atoms with Crippen LogP contribution in [0.2, 0.25) is 0 Å². The summed E-state index contributed by atoms with van der Waals surface area (Å²) in [5.74, 6) is -0.0649. The summed E-state index contributed by atoms with van der Waals surface area (Å²) in [6.45, 7) is -0.134. The van der Waals surface area contributed by atoms with Crippen LogP contribution in [-0.2, 0) is 23.1 Å². The van der Waals surface area contributed by atoms with Crippen LogP contribution in [-0.4, -0.2) is 33.3 Å². The smallest absolute Gasteiger partial charge is 0.207 e. The first-order valence-electron chi connectivity index (χ1n) is 9.54. The lowest BCUT2D eigenvalue weighted by Crippen LogP contribution is -2.30. The minimum atomic E-state index is -3.97. The summed E-state index contributed by atoms with van der Waals surface area (Å²) in [5, 5.41) is 22.7. The second-order valence-corrected chi connectivity index (χ2v) is 8.87. The van der Waals surface area contributed by atoms with E-state index in [2.05, 4.69) is 20.6 Å². The fourth-order valence-corrected chi connectivity index (χ4v) is 4.55. The van der Waals surface area contributed by atoms with E-state index in [0.29, 0.717) is 17.0 Å². The Hall–Kier alpha value is -3.94. The second-order valence-electron chi connectivity index (χ2n) is 6.93. The number of hydrogen-bond acceptors (Lipinski definition) is 6. The largest absolute Gasteiger partial charge is 0.243 e. The van der Waals surface area contributed by atoms with Crippen molar-refractivity contribution in [2.24, 2.45) is 0 Å². The molecule has 3 aromatic carbocycles. The molecule has 0 unspecified atom stereocenters. The van der Waals surface area contributed by atoms with Gasteiger partial charge in [0.05, 0.1) is 16.5 Å². The first-order chi connectivity index (χ1) is 15.5. The number of H-pyrrole nitrogens is 1. The average Bonchev–Trinajstić information content (AvgIpc) is 3.35. The zero-order valence-corrected chi connectivity index (χ0v) is 17.5. The number of tetrazole rings is 1. The van der Waals surface area contributed by atoms with Gasteiger partial charge in [0.2, 0.25) is 15.8 Å². The fourth-order valence-electron chi connectivity index (χ4n) is 3.14. The highest BCUT2D eigenvalue weighted by molar-refractivity contribution is 7.89. The van der Waals surface area contributed by atoms with E-state index in [1.165, 1.54) is 34.6 Å². The monoisotopic (exact) mass is 448 g/mol. The Morgan fingerprint density at radius 1 is 0.969 bits per heavy atom. The Balaban J connectivity index is 1.67. The number of sulfonamides is 1. The Labute approximate surface area is 184 Å². The summed E-state index contributed by atoms with van der Waals surface area (Å²) in [5.41, 5.74) is 2.03. The molecule has 4 rings (SSSR count). The standard InChI is InChI=1S/C22H17FN6O2S/c23-21-4-2-1-3-19(21)15-29(32(30,31)20-11-7-16(13-24)8-12-20)14-17-5-9-18(10-6-17)22-25-27-28-26-22/h1-12H,14-15H2,(H,25,26,27,28). The van der Waals surface area contributed by atoms with Crippen LogP contribution >= 0.6 is 0 Å². The molecule has 8 nitrogen and oxygen atoms in total. The Bertz CT molecular complexity index is 1350. The van der Waals surface area contributed by atoms with Gasteiger partial charge in [-0.2, -0.15) is 14.8 Å². The third-order valence-corrected chi connectivity index (χ3v) is 6.65. The van der Waals surface area contributed by atoms with E-state index in [0.717, 1.165) is 5.56 Å². The van der Waals surface area contributed by atoms with Crippen LogP contribution in [0.1, 0.15) is 16.7 Å². The maximum atomic E-state index is 14.3. The molecule has 10 heteroatoms. The van der Waals surface area contributed by atoms with E-state index in [9.17, 15) is 12.8 Å². The first kappa shape index (κ1) is 21.3. The van der Waals surface area contributed by atoms with E-state index in [1.54, 1.807) is 42.5 Å². The predicted molar refractivity (Wildman–Crippen MR) is 114 cm³/mol. The van der Waals surface area contributed by atoms with Gasteiger partial charge in [0.15, 0.2) is 0 Å². The zero-order valence-electron chi connectivity index (χ0n) is 16.7. The number of benzene rings is 3. The lowest BCUT2D eigenvalue weighted by Gasteiger charge is -2.23. The summed E-state index contributed by atoms with van der Waals surface area (Å²) in [7, 11) is -3.97. The molecular formula is C22H17FN6O2S. The van der Waals surface area contributed by atoms with Crippen molar-refractivity contribution in [3.8, 4) is 17.5 Å². The van der Waals surface area contributed by atoms with Crippen molar-refractivity contribution in [3.05, 3.63) is 95.3 Å². The highest BCUT2D eigenvalue weighted by Crippen LogP contribution is 2.23. The van der Waals surface area contributed by atoms with Gasteiger partial charge in [-0.1, -0.05) is 42.5 Å². The predicted octanol–water partition coefficient (Wildman–Crippen LogP) is 3.27. The van der Waals surface area contributed by atoms with Crippen LogP contribution in [0.5, 0.6) is 0 Å². The van der Waals surface area contributed by atoms with Crippen molar-refractivity contribution in [2.45, 2.75) is 18.0 Å². The highest BCUT2D eigenvalue weighted by atomic mass is 32.2. The molecule has 4 aromatic rings. The molecular weight excluding hydrogens is 431 g/mol. The number of aromatic amines is 1. The summed E-state index contributed by atoms with van der Waals surface area (Å²) in [6.07, 6.45) is 0. The number of aromatic nitrogens is 4. The summed E-state index contributed by atoms with van der Waals surface area (Å²) >= 11 is 0. The third-order valence-electron chi connectivity index (χ3n) is 4.84. The molecule has 160 valence electrons. The third kappa shape index (κ3) is 4.54. The van der Waals surface area contributed by atoms with Gasteiger partial charge >= 0.3 is 0 Å². The van der Waals surface area contributed by atoms with Crippen molar-refractivity contribution < 1.29 is 12.8 Å². The molecule has 1 aromatic heterocycles. The molecule has 0 aliphatic heterocycles. The molecule has 0 fully saturated rings. The SMILES string of the molecule is N#Cc1ccc(S(=O)(=O)N(Cc2ccc(-c3nn[nH]n3)cc2)Cc2ccccc2F)cc1. The highest BCUT2D eigenvalue weighted by Gasteiger charge is 2.26. The summed E-state index contributed by atoms with van der Waals surface area (Å²) < 4.78 is 42.3. The minimum absolute atomic E-state index is 0.0171. The first-order valence-corrected chi connectivity index (χ1v) is 11.0. The van der Waals surface area contributed by atoms with Crippen molar-refractivity contribution in [3.63, 3.8) is 0 Å². The van der Waals surface area contributed by atoms with Gasteiger partial charge in [0, 0.05) is 24.2 Å². The van der Waals surface area contributed by atoms with Gasteiger partial charge < -0.3 is 0 Å². The molecule has 0 atom stereocenters. The number of hydrogen-bond donors (Lipinski definition) is 1. The van der Waals surface area contributed by atoms with Crippen LogP contribution in [0.15, 0.2) is 77.7 Å². The topological polar surface area (TPSA) is 116 Å². The van der Waals surface area contributed by atoms with Gasteiger partial charge in [-0.3, -0.25) is 0 Å². The van der Waals surface area contributed by atoms with Gasteiger partial charge in [-0.05, 0) is 41.1 Å². The molecule has 0 aliphatic carbocycles. The van der Waals surface area contributed by atoms with Crippen LogP contribution in [0.3, 0.4) is 0 Å². The molecule has 32 heavy (non-hydrogen) atoms. The van der Waals surface area contributed by atoms with E-state index < -0.39 is 15.8 Å². The van der Waals surface area contributed by atoms with Crippen molar-refractivity contribution in [1.29, 1.82) is 5.26 Å². The van der Waals surface area contributed by atoms with Gasteiger partial charge in [-0.25, -0.2) is 12.8 Å². The number of rotatable bonds is 7. The van der Waals surface area contributed by atoms with Crippen LogP contribution in [0.4, 0.5) is 4.39 Å². The molecule has 0 amide bonds. The minimum Gasteiger partial charge on any atom is -0.207 e. The van der Waals surface area contributed by atoms with Gasteiger partial charge in [-0.15, -0.1) is 10.2 Å². The molecule has 0 saturated carbocycles. The lowest BCUT2D eigenvalue weighted by molar-refractivity contribution is 0.394. The normalized spacial score (nSPS) is 11.4. The van der Waals surface area contributed by atoms with Crippen LogP contribution in [0.25, 0.3) is 11.4 Å². The number of nitrogens with one attached hydrogen (secondary N) is 1. The molecule has 0 radical (unpaired) electrons. The maximum Gasteiger partial charge on any atom is 0.243 e. The molecule has 0 aliphatic rings. The second kappa shape index (κ2) is 9.05. The van der Waals surface area contributed by atoms with E-state index in [4.69, 9.17) is 5.26 Å². The Morgan fingerprint density at radius 2 is 1.69 bits per heavy atom. The van der Waals surface area contributed by atoms with Crippen LogP contribution in [0, 0.1) is 17.1 Å². The number of halogens is 1. The summed E-state index contributed by atoms with van der Waals surface area (Å²) in [4.78, 5) is 0.0243. The van der Waals surface area contributed by atoms with Gasteiger partial charge in [0.1, 0.15) is 5.82 Å². The fraction of sp³-hybridized carbons (Fsp3) is 0.0909. The molecule has 0 bridgehead atoms. The zero-order chi connectivity index (χ0) is 22.6. The number of nitriles is 1. The maximum absolute atomic E-state index is 14.3. The van der Waals surface area contributed by atoms with Crippen molar-refractivity contribution in [2.75, 3.05) is 0 Å². The summed E-state index contributed by atoms with van der Waals surface area (Å²) in [6, 6.07) is 20.7. The van der Waals surface area contributed by atoms with E-state index >= 15 is 0 Å². The molecule has 0 saturated heterocycles. The van der Waals surface area contributed by atoms with Gasteiger partial charge in [0.25, 0.3) is 0 Å². The molecule has 1 N–H and O–H groups in total. The molecule has 1 heterocycles. The Kier molecular flexibility index (Phi) is 6.02. The lowest BCUT2D eigenvalue weighted by atomic mass is 10.1.